The smallest absolute Gasteiger partial charge is 0.176 e. The van der Waals surface area contributed by atoms with Crippen molar-refractivity contribution in [1.29, 1.82) is 0 Å². The van der Waals surface area contributed by atoms with Crippen LogP contribution in [-0.4, -0.2) is 30.3 Å². The van der Waals surface area contributed by atoms with E-state index in [9.17, 15) is 4.79 Å². The molecule has 0 aliphatic heterocycles. The lowest BCUT2D eigenvalue weighted by Crippen LogP contribution is -2.31. The minimum atomic E-state index is 0.239. The Hall–Kier alpha value is -0.420. The SMILES string of the molecule is CCCCN(CCCC)CC(=O)c1ccc(I)cc1. The molecule has 2 nitrogen and oxygen atoms in total. The molecule has 0 aromatic heterocycles. The van der Waals surface area contributed by atoms with Crippen molar-refractivity contribution >= 4 is 28.4 Å². The van der Waals surface area contributed by atoms with Crippen molar-refractivity contribution in [3.8, 4) is 0 Å². The van der Waals surface area contributed by atoms with Crippen LogP contribution in [0, 0.1) is 3.57 Å². The molecule has 0 N–H and O–H groups in total. The van der Waals surface area contributed by atoms with Gasteiger partial charge in [-0.2, -0.15) is 0 Å². The number of hydrogen-bond acceptors (Lipinski definition) is 2. The van der Waals surface area contributed by atoms with Gasteiger partial charge >= 0.3 is 0 Å². The van der Waals surface area contributed by atoms with Gasteiger partial charge in [0.05, 0.1) is 6.54 Å². The number of rotatable bonds is 9. The Morgan fingerprint density at radius 1 is 1.05 bits per heavy atom. The van der Waals surface area contributed by atoms with Gasteiger partial charge in [-0.15, -0.1) is 0 Å². The molecule has 0 bridgehead atoms. The summed E-state index contributed by atoms with van der Waals surface area (Å²) >= 11 is 2.26. The van der Waals surface area contributed by atoms with E-state index in [1.807, 2.05) is 24.3 Å². The van der Waals surface area contributed by atoms with E-state index in [1.54, 1.807) is 0 Å². The molecule has 0 aliphatic rings. The van der Waals surface area contributed by atoms with Gasteiger partial charge in [-0.3, -0.25) is 9.69 Å². The van der Waals surface area contributed by atoms with Crippen molar-refractivity contribution in [2.75, 3.05) is 19.6 Å². The van der Waals surface area contributed by atoms with E-state index in [-0.39, 0.29) is 5.78 Å². The number of halogens is 1. The highest BCUT2D eigenvalue weighted by Gasteiger charge is 2.11. The molecular weight excluding hydrogens is 349 g/mol. The van der Waals surface area contributed by atoms with Crippen LogP contribution >= 0.6 is 22.6 Å². The summed E-state index contributed by atoms with van der Waals surface area (Å²) in [6.07, 6.45) is 4.70. The van der Waals surface area contributed by atoms with Crippen LogP contribution in [0.15, 0.2) is 24.3 Å². The molecule has 0 fully saturated rings. The quantitative estimate of drug-likeness (QED) is 0.473. The zero-order valence-corrected chi connectivity index (χ0v) is 14.2. The Balaban J connectivity index is 2.56. The first-order chi connectivity index (χ1) is 9.17. The maximum absolute atomic E-state index is 12.2. The van der Waals surface area contributed by atoms with Gasteiger partial charge < -0.3 is 0 Å². The van der Waals surface area contributed by atoms with Crippen molar-refractivity contribution in [2.24, 2.45) is 0 Å². The zero-order chi connectivity index (χ0) is 14.1. The van der Waals surface area contributed by atoms with Crippen LogP contribution < -0.4 is 0 Å². The molecule has 0 aliphatic carbocycles. The fourth-order valence-electron chi connectivity index (χ4n) is 1.96. The van der Waals surface area contributed by atoms with E-state index in [1.165, 1.54) is 29.3 Å². The molecule has 0 unspecified atom stereocenters. The van der Waals surface area contributed by atoms with E-state index in [2.05, 4.69) is 41.3 Å². The first-order valence-electron chi connectivity index (χ1n) is 7.18. The van der Waals surface area contributed by atoms with E-state index < -0.39 is 0 Å². The normalized spacial score (nSPS) is 10.9. The molecule has 0 saturated carbocycles. The van der Waals surface area contributed by atoms with E-state index in [0.29, 0.717) is 6.54 Å². The Kier molecular flexibility index (Phi) is 8.30. The van der Waals surface area contributed by atoms with Crippen LogP contribution in [0.3, 0.4) is 0 Å². The molecule has 106 valence electrons. The topological polar surface area (TPSA) is 20.3 Å². The molecule has 0 amide bonds. The summed E-state index contributed by atoms with van der Waals surface area (Å²) in [5.41, 5.74) is 0.832. The van der Waals surface area contributed by atoms with Crippen molar-refractivity contribution < 1.29 is 4.79 Å². The van der Waals surface area contributed by atoms with Gasteiger partial charge in [-0.25, -0.2) is 0 Å². The van der Waals surface area contributed by atoms with E-state index in [0.717, 1.165) is 18.7 Å². The summed E-state index contributed by atoms with van der Waals surface area (Å²) in [7, 11) is 0. The standard InChI is InChI=1S/C16H24INO/c1-3-5-11-18(12-6-4-2)13-16(19)14-7-9-15(17)10-8-14/h7-10H,3-6,11-13H2,1-2H3. The molecule has 0 radical (unpaired) electrons. The summed E-state index contributed by atoms with van der Waals surface area (Å²) in [6.45, 7) is 7.01. The van der Waals surface area contributed by atoms with Gasteiger partial charge in [0.25, 0.3) is 0 Å². The lowest BCUT2D eigenvalue weighted by Gasteiger charge is -2.21. The zero-order valence-electron chi connectivity index (χ0n) is 12.0. The predicted octanol–water partition coefficient (Wildman–Crippen LogP) is 4.38. The molecular formula is C16H24INO. The monoisotopic (exact) mass is 373 g/mol. The number of nitrogens with zero attached hydrogens (tertiary/aromatic N) is 1. The molecule has 0 heterocycles. The van der Waals surface area contributed by atoms with Gasteiger partial charge in [-0.1, -0.05) is 38.8 Å². The lowest BCUT2D eigenvalue weighted by molar-refractivity contribution is 0.0928. The van der Waals surface area contributed by atoms with Crippen molar-refractivity contribution in [2.45, 2.75) is 39.5 Å². The van der Waals surface area contributed by atoms with Crippen LogP contribution in [-0.2, 0) is 0 Å². The molecule has 1 aromatic rings. The van der Waals surface area contributed by atoms with Crippen molar-refractivity contribution in [3.05, 3.63) is 33.4 Å². The van der Waals surface area contributed by atoms with Crippen molar-refractivity contribution in [3.63, 3.8) is 0 Å². The minimum absolute atomic E-state index is 0.239. The first-order valence-corrected chi connectivity index (χ1v) is 8.26. The van der Waals surface area contributed by atoms with E-state index >= 15 is 0 Å². The highest BCUT2D eigenvalue weighted by molar-refractivity contribution is 14.1. The fourth-order valence-corrected chi connectivity index (χ4v) is 2.32. The Labute approximate surface area is 130 Å². The number of carbonyl (C=O) groups is 1. The second-order valence-electron chi connectivity index (χ2n) is 4.91. The second kappa shape index (κ2) is 9.48. The molecule has 1 aromatic carbocycles. The van der Waals surface area contributed by atoms with Crippen LogP contribution in [0.5, 0.6) is 0 Å². The maximum Gasteiger partial charge on any atom is 0.176 e. The summed E-state index contributed by atoms with van der Waals surface area (Å²) in [4.78, 5) is 14.5. The van der Waals surface area contributed by atoms with Gasteiger partial charge in [0, 0.05) is 9.13 Å². The molecule has 0 spiro atoms. The average molecular weight is 373 g/mol. The second-order valence-corrected chi connectivity index (χ2v) is 6.16. The summed E-state index contributed by atoms with van der Waals surface area (Å²) in [6, 6.07) is 7.86. The third kappa shape index (κ3) is 6.52. The molecule has 0 atom stereocenters. The summed E-state index contributed by atoms with van der Waals surface area (Å²) in [5.74, 6) is 0.239. The summed E-state index contributed by atoms with van der Waals surface area (Å²) < 4.78 is 1.17. The number of unbranched alkanes of at least 4 members (excludes halogenated alkanes) is 2. The highest BCUT2D eigenvalue weighted by atomic mass is 127. The fraction of sp³-hybridized carbons (Fsp3) is 0.562. The third-order valence-electron chi connectivity index (χ3n) is 3.19. The molecule has 19 heavy (non-hydrogen) atoms. The van der Waals surface area contributed by atoms with Crippen LogP contribution in [0.1, 0.15) is 49.9 Å². The number of benzene rings is 1. The van der Waals surface area contributed by atoms with Gasteiger partial charge in [0.2, 0.25) is 0 Å². The van der Waals surface area contributed by atoms with Gasteiger partial charge in [0.15, 0.2) is 5.78 Å². The number of carbonyl (C=O) groups excluding carboxylic acids is 1. The highest BCUT2D eigenvalue weighted by Crippen LogP contribution is 2.09. The Morgan fingerprint density at radius 3 is 2.05 bits per heavy atom. The molecule has 3 heteroatoms. The van der Waals surface area contributed by atoms with Gasteiger partial charge in [-0.05, 0) is 60.7 Å². The Morgan fingerprint density at radius 2 is 1.58 bits per heavy atom. The minimum Gasteiger partial charge on any atom is -0.296 e. The lowest BCUT2D eigenvalue weighted by atomic mass is 10.1. The maximum atomic E-state index is 12.2. The Bertz CT molecular complexity index is 367. The van der Waals surface area contributed by atoms with Crippen LogP contribution in [0.2, 0.25) is 0 Å². The van der Waals surface area contributed by atoms with E-state index in [4.69, 9.17) is 0 Å². The predicted molar refractivity (Wildman–Crippen MR) is 89.7 cm³/mol. The third-order valence-corrected chi connectivity index (χ3v) is 3.91. The van der Waals surface area contributed by atoms with Crippen LogP contribution in [0.4, 0.5) is 0 Å². The molecule has 1 rings (SSSR count). The largest absolute Gasteiger partial charge is 0.296 e. The summed E-state index contributed by atoms with van der Waals surface area (Å²) in [5, 5.41) is 0. The number of ketones is 1. The first kappa shape index (κ1) is 16.6. The number of Topliss-reactive ketones (excluding diaryl/α,β-unsaturated/α-hetero) is 1. The van der Waals surface area contributed by atoms with Crippen molar-refractivity contribution in [1.82, 2.24) is 4.90 Å². The van der Waals surface area contributed by atoms with Gasteiger partial charge in [0.1, 0.15) is 0 Å². The average Bonchev–Trinajstić information content (AvgIpc) is 2.42. The molecule has 0 saturated heterocycles. The van der Waals surface area contributed by atoms with Crippen LogP contribution in [0.25, 0.3) is 0 Å². The number of hydrogen-bond donors (Lipinski definition) is 0.